The fourth-order valence-electron chi connectivity index (χ4n) is 3.18. The number of aryl methyl sites for hydroxylation is 1. The molecule has 1 saturated heterocycles. The summed E-state index contributed by atoms with van der Waals surface area (Å²) < 4.78 is 0. The van der Waals surface area contributed by atoms with E-state index in [1.54, 1.807) is 11.3 Å². The first kappa shape index (κ1) is 21.1. The number of nitrogens with one attached hydrogen (secondary N) is 2. The smallest absolute Gasteiger partial charge is 0.191 e. The van der Waals surface area contributed by atoms with Crippen molar-refractivity contribution in [1.29, 1.82) is 0 Å². The molecule has 7 heteroatoms. The molecule has 1 aliphatic rings. The van der Waals surface area contributed by atoms with E-state index in [1.807, 2.05) is 6.20 Å². The van der Waals surface area contributed by atoms with Crippen LogP contribution in [0.2, 0.25) is 0 Å². The molecule has 1 fully saturated rings. The number of guanidine groups is 1. The van der Waals surface area contributed by atoms with Crippen molar-refractivity contribution in [2.75, 3.05) is 58.9 Å². The van der Waals surface area contributed by atoms with Gasteiger partial charge in [0.2, 0.25) is 0 Å². The standard InChI is InChI=1S/C19H36N6S/c1-5-20-19(21-8-7-18-22-14-17(4)26-18)23-13-16(3)15-25-11-9-24(6-2)10-12-25/h14,16H,5-13,15H2,1-4H3,(H2,20,21,23). The van der Waals surface area contributed by atoms with Crippen molar-refractivity contribution >= 4 is 17.3 Å². The average Bonchev–Trinajstić information content (AvgIpc) is 3.05. The monoisotopic (exact) mass is 380 g/mol. The summed E-state index contributed by atoms with van der Waals surface area (Å²) in [6, 6.07) is 0. The van der Waals surface area contributed by atoms with Gasteiger partial charge in [-0.1, -0.05) is 13.8 Å². The number of rotatable bonds is 9. The van der Waals surface area contributed by atoms with Crippen LogP contribution in [0.15, 0.2) is 11.2 Å². The molecule has 1 aromatic heterocycles. The molecule has 1 aromatic rings. The van der Waals surface area contributed by atoms with Crippen molar-refractivity contribution in [2.45, 2.75) is 34.1 Å². The van der Waals surface area contributed by atoms with Gasteiger partial charge in [0.25, 0.3) is 0 Å². The molecule has 0 amide bonds. The van der Waals surface area contributed by atoms with Crippen LogP contribution < -0.4 is 10.6 Å². The Kier molecular flexibility index (Phi) is 9.36. The van der Waals surface area contributed by atoms with E-state index in [0.29, 0.717) is 5.92 Å². The zero-order valence-corrected chi connectivity index (χ0v) is 17.7. The van der Waals surface area contributed by atoms with Crippen molar-refractivity contribution in [3.05, 3.63) is 16.1 Å². The number of nitrogens with zero attached hydrogens (tertiary/aromatic N) is 4. The second-order valence-corrected chi connectivity index (χ2v) is 8.42. The number of hydrogen-bond acceptors (Lipinski definition) is 5. The lowest BCUT2D eigenvalue weighted by Crippen LogP contribution is -2.47. The lowest BCUT2D eigenvalue weighted by molar-refractivity contribution is 0.125. The van der Waals surface area contributed by atoms with Crippen LogP contribution in [0.25, 0.3) is 0 Å². The van der Waals surface area contributed by atoms with Gasteiger partial charge in [0.15, 0.2) is 5.96 Å². The molecule has 1 unspecified atom stereocenters. The zero-order chi connectivity index (χ0) is 18.8. The third-order valence-corrected chi connectivity index (χ3v) is 5.66. The van der Waals surface area contributed by atoms with Crippen LogP contribution in [0.3, 0.4) is 0 Å². The first-order chi connectivity index (χ1) is 12.6. The SMILES string of the molecule is CCNC(=NCC(C)CN1CCN(CC)CC1)NCCc1ncc(C)s1. The Morgan fingerprint density at radius 1 is 1.23 bits per heavy atom. The van der Waals surface area contributed by atoms with Crippen LogP contribution in [0.1, 0.15) is 30.7 Å². The second kappa shape index (κ2) is 11.5. The van der Waals surface area contributed by atoms with Crippen LogP contribution in [0.4, 0.5) is 0 Å². The molecule has 1 atom stereocenters. The molecular formula is C19H36N6S. The minimum Gasteiger partial charge on any atom is -0.357 e. The van der Waals surface area contributed by atoms with Crippen molar-refractivity contribution < 1.29 is 0 Å². The quantitative estimate of drug-likeness (QED) is 0.506. The summed E-state index contributed by atoms with van der Waals surface area (Å²) in [7, 11) is 0. The number of piperazine rings is 1. The maximum absolute atomic E-state index is 4.79. The Morgan fingerprint density at radius 2 is 1.96 bits per heavy atom. The number of aromatic nitrogens is 1. The van der Waals surface area contributed by atoms with Crippen LogP contribution in [0.5, 0.6) is 0 Å². The molecular weight excluding hydrogens is 344 g/mol. The van der Waals surface area contributed by atoms with E-state index < -0.39 is 0 Å². The number of thiazole rings is 1. The predicted molar refractivity (Wildman–Crippen MR) is 112 cm³/mol. The van der Waals surface area contributed by atoms with E-state index in [0.717, 1.165) is 38.6 Å². The molecule has 26 heavy (non-hydrogen) atoms. The molecule has 0 aliphatic carbocycles. The Bertz CT molecular complexity index is 536. The topological polar surface area (TPSA) is 55.8 Å². The van der Waals surface area contributed by atoms with Crippen molar-refractivity contribution in [2.24, 2.45) is 10.9 Å². The summed E-state index contributed by atoms with van der Waals surface area (Å²) in [4.78, 5) is 15.6. The zero-order valence-electron chi connectivity index (χ0n) is 16.9. The van der Waals surface area contributed by atoms with Crippen molar-refractivity contribution in [3.8, 4) is 0 Å². The first-order valence-electron chi connectivity index (χ1n) is 9.98. The maximum atomic E-state index is 4.79. The van der Waals surface area contributed by atoms with E-state index in [2.05, 4.69) is 53.1 Å². The fraction of sp³-hybridized carbons (Fsp3) is 0.789. The molecule has 0 radical (unpaired) electrons. The van der Waals surface area contributed by atoms with Gasteiger partial charge in [0.05, 0.1) is 5.01 Å². The summed E-state index contributed by atoms with van der Waals surface area (Å²) in [5, 5.41) is 7.97. The van der Waals surface area contributed by atoms with Gasteiger partial charge in [-0.25, -0.2) is 4.98 Å². The van der Waals surface area contributed by atoms with E-state index in [4.69, 9.17) is 4.99 Å². The summed E-state index contributed by atoms with van der Waals surface area (Å²) in [6.45, 7) is 18.5. The number of likely N-dealkylation sites (N-methyl/N-ethyl adjacent to an activating group) is 1. The minimum absolute atomic E-state index is 0.570. The lowest BCUT2D eigenvalue weighted by atomic mass is 10.1. The summed E-state index contributed by atoms with van der Waals surface area (Å²) in [5.41, 5.74) is 0. The number of hydrogen-bond donors (Lipinski definition) is 2. The Labute approximate surface area is 163 Å². The summed E-state index contributed by atoms with van der Waals surface area (Å²) >= 11 is 1.77. The van der Waals surface area contributed by atoms with Gasteiger partial charge < -0.3 is 20.4 Å². The predicted octanol–water partition coefficient (Wildman–Crippen LogP) is 1.82. The molecule has 0 saturated carbocycles. The van der Waals surface area contributed by atoms with Gasteiger partial charge in [-0.05, 0) is 26.3 Å². The summed E-state index contributed by atoms with van der Waals surface area (Å²) in [6.07, 6.45) is 2.89. The fourth-order valence-corrected chi connectivity index (χ4v) is 3.97. The largest absolute Gasteiger partial charge is 0.357 e. The molecule has 2 rings (SSSR count). The lowest BCUT2D eigenvalue weighted by Gasteiger charge is -2.35. The third-order valence-electron chi connectivity index (χ3n) is 4.69. The Balaban J connectivity index is 1.71. The highest BCUT2D eigenvalue weighted by atomic mass is 32.1. The molecule has 0 aromatic carbocycles. The van der Waals surface area contributed by atoms with Crippen molar-refractivity contribution in [3.63, 3.8) is 0 Å². The van der Waals surface area contributed by atoms with Crippen molar-refractivity contribution in [1.82, 2.24) is 25.4 Å². The molecule has 0 spiro atoms. The van der Waals surface area contributed by atoms with Gasteiger partial charge in [-0.2, -0.15) is 0 Å². The van der Waals surface area contributed by atoms with Gasteiger partial charge >= 0.3 is 0 Å². The van der Waals surface area contributed by atoms with Gasteiger partial charge in [-0.15, -0.1) is 11.3 Å². The van der Waals surface area contributed by atoms with Crippen LogP contribution >= 0.6 is 11.3 Å². The van der Waals surface area contributed by atoms with Crippen LogP contribution in [-0.4, -0.2) is 79.6 Å². The molecule has 6 nitrogen and oxygen atoms in total. The molecule has 148 valence electrons. The van der Waals surface area contributed by atoms with E-state index >= 15 is 0 Å². The number of aliphatic imine (C=N–C) groups is 1. The first-order valence-corrected chi connectivity index (χ1v) is 10.8. The van der Waals surface area contributed by atoms with E-state index in [-0.39, 0.29) is 0 Å². The Hall–Kier alpha value is -1.18. The second-order valence-electron chi connectivity index (χ2n) is 7.10. The molecule has 1 aliphatic heterocycles. The molecule has 2 N–H and O–H groups in total. The molecule has 0 bridgehead atoms. The summed E-state index contributed by atoms with van der Waals surface area (Å²) in [5.74, 6) is 1.49. The highest BCUT2D eigenvalue weighted by Crippen LogP contribution is 2.11. The van der Waals surface area contributed by atoms with Gasteiger partial charge in [-0.3, -0.25) is 4.99 Å². The minimum atomic E-state index is 0.570. The van der Waals surface area contributed by atoms with Gasteiger partial charge in [0, 0.05) is 69.9 Å². The van der Waals surface area contributed by atoms with E-state index in [1.165, 1.54) is 42.6 Å². The van der Waals surface area contributed by atoms with E-state index in [9.17, 15) is 0 Å². The third kappa shape index (κ3) is 7.60. The average molecular weight is 381 g/mol. The van der Waals surface area contributed by atoms with Gasteiger partial charge in [0.1, 0.15) is 0 Å². The molecule has 2 heterocycles. The normalized spacial score (nSPS) is 18.1. The van der Waals surface area contributed by atoms with Crippen LogP contribution in [-0.2, 0) is 6.42 Å². The Morgan fingerprint density at radius 3 is 2.58 bits per heavy atom. The maximum Gasteiger partial charge on any atom is 0.191 e. The van der Waals surface area contributed by atoms with Crippen LogP contribution in [0, 0.1) is 12.8 Å². The highest BCUT2D eigenvalue weighted by molar-refractivity contribution is 7.11. The highest BCUT2D eigenvalue weighted by Gasteiger charge is 2.17.